The largest absolute Gasteiger partial charge is 0.285 e. The van der Waals surface area contributed by atoms with Gasteiger partial charge in [-0.3, -0.25) is 20.4 Å². The Morgan fingerprint density at radius 1 is 1.29 bits per heavy atom. The minimum absolute atomic E-state index is 0.152. The number of nitrogens with one attached hydrogen (secondary N) is 3. The highest BCUT2D eigenvalue weighted by Crippen LogP contribution is 2.33. The molecule has 9 nitrogen and oxygen atoms in total. The number of amides is 2. The number of hydrazine groups is 1. The summed E-state index contributed by atoms with van der Waals surface area (Å²) in [6, 6.07) is 5.65. The summed E-state index contributed by atoms with van der Waals surface area (Å²) in [7, 11) is 0. The van der Waals surface area contributed by atoms with Crippen molar-refractivity contribution in [2.75, 3.05) is 0 Å². The average molecular weight is 436 g/mol. The van der Waals surface area contributed by atoms with Crippen molar-refractivity contribution < 1.29 is 9.59 Å². The van der Waals surface area contributed by atoms with Crippen molar-refractivity contribution in [1.29, 1.82) is 0 Å². The number of aromatic nitrogens is 2. The fraction of sp³-hybridized carbons (Fsp3) is 0.250. The number of hydrogen-bond acceptors (Lipinski definition) is 8. The number of aryl methyl sites for hydroxylation is 1. The first-order chi connectivity index (χ1) is 13.5. The number of halogens is 1. The lowest BCUT2D eigenvalue weighted by Gasteiger charge is -2.20. The number of thioether (sulfide) groups is 1. The predicted molar refractivity (Wildman–Crippen MR) is 108 cm³/mol. The second kappa shape index (κ2) is 7.86. The Hall–Kier alpha value is -2.50. The van der Waals surface area contributed by atoms with E-state index in [1.54, 1.807) is 0 Å². The summed E-state index contributed by atoms with van der Waals surface area (Å²) >= 11 is 8.65. The molecule has 144 valence electrons. The van der Waals surface area contributed by atoms with E-state index in [0.717, 1.165) is 16.8 Å². The molecule has 2 amide bonds. The Kier molecular flexibility index (Phi) is 5.29. The molecule has 1 aromatic carbocycles. The van der Waals surface area contributed by atoms with E-state index >= 15 is 0 Å². The van der Waals surface area contributed by atoms with Crippen molar-refractivity contribution in [3.63, 3.8) is 0 Å². The van der Waals surface area contributed by atoms with Crippen molar-refractivity contribution in [2.24, 2.45) is 10.1 Å². The first-order valence-electron chi connectivity index (χ1n) is 8.23. The van der Waals surface area contributed by atoms with Crippen LogP contribution in [0, 0.1) is 6.92 Å². The Labute approximate surface area is 173 Å². The van der Waals surface area contributed by atoms with Crippen LogP contribution >= 0.6 is 34.7 Å². The molecule has 1 fully saturated rings. The van der Waals surface area contributed by atoms with Gasteiger partial charge in [0.15, 0.2) is 4.34 Å². The first kappa shape index (κ1) is 18.8. The van der Waals surface area contributed by atoms with E-state index in [4.69, 9.17) is 11.6 Å². The number of nitrogens with zero attached hydrogens (tertiary/aromatic N) is 4. The Balaban J connectivity index is 1.46. The van der Waals surface area contributed by atoms with E-state index < -0.39 is 0 Å². The number of rotatable bonds is 4. The van der Waals surface area contributed by atoms with Gasteiger partial charge in [-0.1, -0.05) is 40.8 Å². The average Bonchev–Trinajstić information content (AvgIpc) is 3.28. The number of amidine groups is 1. The molecular formula is C16H14ClN7O2S2. The lowest BCUT2D eigenvalue weighted by molar-refractivity contribution is -0.121. The molecule has 1 saturated heterocycles. The summed E-state index contributed by atoms with van der Waals surface area (Å²) in [6.45, 7) is 1.92. The summed E-state index contributed by atoms with van der Waals surface area (Å²) in [5.41, 5.74) is 10.4. The molecular weight excluding hydrogens is 422 g/mol. The van der Waals surface area contributed by atoms with Gasteiger partial charge in [0.25, 0.3) is 5.91 Å². The van der Waals surface area contributed by atoms with Gasteiger partial charge in [-0.25, -0.2) is 10.4 Å². The predicted octanol–water partition coefficient (Wildman–Crippen LogP) is 1.94. The van der Waals surface area contributed by atoms with Crippen LogP contribution < -0.4 is 16.3 Å². The lowest BCUT2D eigenvalue weighted by atomic mass is 10.0. The summed E-state index contributed by atoms with van der Waals surface area (Å²) in [4.78, 5) is 27.7. The molecule has 1 atom stereocenters. The normalized spacial score (nSPS) is 20.6. The van der Waals surface area contributed by atoms with Crippen LogP contribution in [0.2, 0.25) is 5.02 Å². The van der Waals surface area contributed by atoms with Gasteiger partial charge in [-0.05, 0) is 30.2 Å². The number of carbonyl (C=O) groups is 2. The quantitative estimate of drug-likeness (QED) is 0.674. The fourth-order valence-electron chi connectivity index (χ4n) is 2.59. The van der Waals surface area contributed by atoms with Crippen LogP contribution in [0.4, 0.5) is 5.13 Å². The maximum atomic E-state index is 12.2. The molecule has 28 heavy (non-hydrogen) atoms. The molecule has 2 aliphatic heterocycles. The van der Waals surface area contributed by atoms with Crippen LogP contribution in [0.25, 0.3) is 0 Å². The Morgan fingerprint density at radius 2 is 2.14 bits per heavy atom. The van der Waals surface area contributed by atoms with Gasteiger partial charge < -0.3 is 0 Å². The minimum Gasteiger partial charge on any atom is -0.285 e. The van der Waals surface area contributed by atoms with E-state index in [1.807, 2.05) is 25.1 Å². The maximum absolute atomic E-state index is 12.2. The molecule has 12 heteroatoms. The zero-order valence-electron chi connectivity index (χ0n) is 14.5. The highest BCUT2D eigenvalue weighted by Gasteiger charge is 2.28. The second-order valence-electron chi connectivity index (χ2n) is 6.07. The first-order valence-corrected chi connectivity index (χ1v) is 10.3. The highest BCUT2D eigenvalue weighted by atomic mass is 35.5. The fourth-order valence-corrected chi connectivity index (χ4v) is 4.68. The molecule has 0 spiro atoms. The van der Waals surface area contributed by atoms with Crippen LogP contribution in [0.3, 0.4) is 0 Å². The molecule has 0 saturated carbocycles. The van der Waals surface area contributed by atoms with Crippen molar-refractivity contribution in [3.05, 3.63) is 34.3 Å². The van der Waals surface area contributed by atoms with E-state index in [9.17, 15) is 9.59 Å². The zero-order valence-corrected chi connectivity index (χ0v) is 16.9. The molecule has 0 aliphatic carbocycles. The maximum Gasteiger partial charge on any atom is 0.254 e. The summed E-state index contributed by atoms with van der Waals surface area (Å²) in [6.07, 6.45) is 0.633. The van der Waals surface area contributed by atoms with Crippen LogP contribution in [0.1, 0.15) is 24.0 Å². The molecule has 1 unspecified atom stereocenters. The van der Waals surface area contributed by atoms with Crippen molar-refractivity contribution in [3.8, 4) is 0 Å². The van der Waals surface area contributed by atoms with E-state index in [-0.39, 0.29) is 23.5 Å². The number of hydrazone groups is 1. The van der Waals surface area contributed by atoms with Gasteiger partial charge in [0.1, 0.15) is 5.84 Å². The number of benzene rings is 1. The molecule has 2 aromatic rings. The smallest absolute Gasteiger partial charge is 0.254 e. The molecule has 0 radical (unpaired) electrons. The molecule has 0 bridgehead atoms. The number of aliphatic imine (C=N–C) groups is 1. The van der Waals surface area contributed by atoms with Crippen LogP contribution in [0.15, 0.2) is 32.6 Å². The number of carbonyl (C=O) groups excluding carboxylic acids is 2. The van der Waals surface area contributed by atoms with Gasteiger partial charge in [0.2, 0.25) is 11.0 Å². The lowest BCUT2D eigenvalue weighted by Crippen LogP contribution is -2.36. The second-order valence-corrected chi connectivity index (χ2v) is 8.88. The van der Waals surface area contributed by atoms with Crippen molar-refractivity contribution >= 4 is 63.2 Å². The van der Waals surface area contributed by atoms with Crippen LogP contribution in [-0.4, -0.2) is 38.8 Å². The topological polar surface area (TPSA) is 121 Å². The molecule has 4 rings (SSSR count). The SMILES string of the molecule is Cc1cc(C2=NNC(=O)C(Sc3nnc(/N=C4/CC(=O)NN4)s3)C2)ccc1Cl. The van der Waals surface area contributed by atoms with E-state index in [2.05, 4.69) is 36.6 Å². The summed E-state index contributed by atoms with van der Waals surface area (Å²) in [5, 5.41) is 13.0. The third kappa shape index (κ3) is 4.16. The van der Waals surface area contributed by atoms with Gasteiger partial charge in [0.05, 0.1) is 17.4 Å². The minimum atomic E-state index is -0.384. The van der Waals surface area contributed by atoms with Crippen molar-refractivity contribution in [1.82, 2.24) is 26.5 Å². The van der Waals surface area contributed by atoms with Gasteiger partial charge in [-0.15, -0.1) is 10.2 Å². The highest BCUT2D eigenvalue weighted by molar-refractivity contribution is 8.02. The van der Waals surface area contributed by atoms with Gasteiger partial charge >= 0.3 is 0 Å². The monoisotopic (exact) mass is 435 g/mol. The summed E-state index contributed by atoms with van der Waals surface area (Å²) in [5.74, 6) is 0.149. The molecule has 2 aliphatic rings. The summed E-state index contributed by atoms with van der Waals surface area (Å²) < 4.78 is 0.616. The number of hydrogen-bond donors (Lipinski definition) is 3. The van der Waals surface area contributed by atoms with Crippen LogP contribution in [0.5, 0.6) is 0 Å². The Bertz CT molecular complexity index is 1020. The van der Waals surface area contributed by atoms with Gasteiger partial charge in [-0.2, -0.15) is 5.10 Å². The van der Waals surface area contributed by atoms with Crippen molar-refractivity contribution in [2.45, 2.75) is 29.4 Å². The third-order valence-electron chi connectivity index (χ3n) is 4.01. The van der Waals surface area contributed by atoms with Crippen LogP contribution in [-0.2, 0) is 9.59 Å². The van der Waals surface area contributed by atoms with Gasteiger partial charge in [0, 0.05) is 11.4 Å². The molecule has 1 aromatic heterocycles. The zero-order chi connectivity index (χ0) is 19.7. The van der Waals surface area contributed by atoms with E-state index in [1.165, 1.54) is 23.1 Å². The Morgan fingerprint density at radius 3 is 2.89 bits per heavy atom. The third-order valence-corrected chi connectivity index (χ3v) is 6.53. The standard InChI is InChI=1S/C16H14ClN7O2S2/c1-7-4-8(2-3-9(7)17)10-5-11(14(26)22-19-10)27-16-24-23-15(28-16)18-12-6-13(25)21-20-12/h2-4,11H,5-6H2,1H3,(H,21,25)(H,22,26)(H,18,20,23). The molecule has 3 heterocycles. The molecule has 3 N–H and O–H groups in total. The van der Waals surface area contributed by atoms with E-state index in [0.29, 0.717) is 26.8 Å².